The maximum Gasteiger partial charge on any atom is 0.198 e. The highest BCUT2D eigenvalue weighted by Crippen LogP contribution is 2.32. The molecule has 3 rings (SSSR count). The average Bonchev–Trinajstić information content (AvgIpc) is 3.08. The zero-order valence-corrected chi connectivity index (χ0v) is 17.3. The Bertz CT molecular complexity index is 984. The largest absolute Gasteiger partial charge is 0.450 e. The van der Waals surface area contributed by atoms with E-state index in [0.717, 1.165) is 30.8 Å². The van der Waals surface area contributed by atoms with Crippen LogP contribution in [-0.4, -0.2) is 35.5 Å². The number of para-hydroxylation sites is 1. The molecule has 152 valence electrons. The lowest BCUT2D eigenvalue weighted by Gasteiger charge is -2.12. The van der Waals surface area contributed by atoms with Crippen LogP contribution in [0.15, 0.2) is 41.9 Å². The topological polar surface area (TPSA) is 50.3 Å². The van der Waals surface area contributed by atoms with Crippen LogP contribution >= 0.6 is 11.3 Å². The van der Waals surface area contributed by atoms with E-state index in [2.05, 4.69) is 20.2 Å². The molecule has 0 spiro atoms. The van der Waals surface area contributed by atoms with Gasteiger partial charge in [-0.1, -0.05) is 18.2 Å². The third kappa shape index (κ3) is 5.82. The first-order valence-corrected chi connectivity index (χ1v) is 9.92. The van der Waals surface area contributed by atoms with Crippen LogP contribution in [0.4, 0.5) is 19.7 Å². The van der Waals surface area contributed by atoms with Crippen molar-refractivity contribution in [3.05, 3.63) is 64.8 Å². The monoisotopic (exact) mass is 416 g/mol. The Labute approximate surface area is 172 Å². The van der Waals surface area contributed by atoms with Gasteiger partial charge in [0.05, 0.1) is 5.69 Å². The number of thiazole rings is 1. The smallest absolute Gasteiger partial charge is 0.198 e. The van der Waals surface area contributed by atoms with Crippen LogP contribution in [-0.2, 0) is 0 Å². The normalized spacial score (nSPS) is 11.4. The van der Waals surface area contributed by atoms with E-state index >= 15 is 0 Å². The summed E-state index contributed by atoms with van der Waals surface area (Å²) >= 11 is 1.44. The van der Waals surface area contributed by atoms with Crippen LogP contribution in [0.2, 0.25) is 0 Å². The standard InChI is InChI=1S/C21H22F2N4OS/c1-14-13-29-21(25-14)26-19-11-18(28-20-16(22)8-6-9-17(20)23)15(12-24-19)7-4-5-10-27(2)3/h4,6-9,11-13H,5,10H2,1-3H3,(H,24,25,26)/b7-4+. The summed E-state index contributed by atoms with van der Waals surface area (Å²) in [5.41, 5.74) is 1.51. The predicted molar refractivity (Wildman–Crippen MR) is 113 cm³/mol. The molecule has 1 aromatic carbocycles. The number of halogens is 2. The Kier molecular flexibility index (Phi) is 6.90. The van der Waals surface area contributed by atoms with Crippen LogP contribution in [0.5, 0.6) is 11.5 Å². The third-order valence-electron chi connectivity index (χ3n) is 3.92. The average molecular weight is 416 g/mol. The van der Waals surface area contributed by atoms with Gasteiger partial charge in [0.25, 0.3) is 0 Å². The van der Waals surface area contributed by atoms with Crippen molar-refractivity contribution < 1.29 is 13.5 Å². The molecule has 0 bridgehead atoms. The van der Waals surface area contributed by atoms with Crippen molar-refractivity contribution in [2.24, 2.45) is 0 Å². The highest BCUT2D eigenvalue weighted by molar-refractivity contribution is 7.13. The number of benzene rings is 1. The Morgan fingerprint density at radius 3 is 2.66 bits per heavy atom. The quantitative estimate of drug-likeness (QED) is 0.516. The zero-order chi connectivity index (χ0) is 20.8. The van der Waals surface area contributed by atoms with Crippen LogP contribution in [0.1, 0.15) is 17.7 Å². The number of aromatic nitrogens is 2. The summed E-state index contributed by atoms with van der Waals surface area (Å²) in [4.78, 5) is 10.8. The van der Waals surface area contributed by atoms with Crippen LogP contribution in [0.25, 0.3) is 6.08 Å². The Balaban J connectivity index is 1.90. The fourth-order valence-corrected chi connectivity index (χ4v) is 3.18. The van der Waals surface area contributed by atoms with Crippen molar-refractivity contribution in [2.75, 3.05) is 26.0 Å². The van der Waals surface area contributed by atoms with Gasteiger partial charge in [0, 0.05) is 29.8 Å². The van der Waals surface area contributed by atoms with E-state index in [1.165, 1.54) is 17.4 Å². The molecule has 29 heavy (non-hydrogen) atoms. The number of hydrogen-bond acceptors (Lipinski definition) is 6. The Morgan fingerprint density at radius 2 is 2.00 bits per heavy atom. The lowest BCUT2D eigenvalue weighted by Crippen LogP contribution is -2.11. The van der Waals surface area contributed by atoms with Gasteiger partial charge in [-0.05, 0) is 39.6 Å². The minimum Gasteiger partial charge on any atom is -0.450 e. The first-order valence-electron chi connectivity index (χ1n) is 9.04. The molecule has 0 amide bonds. The van der Waals surface area contributed by atoms with Gasteiger partial charge in [-0.2, -0.15) is 0 Å². The van der Waals surface area contributed by atoms with Crippen LogP contribution in [0.3, 0.4) is 0 Å². The summed E-state index contributed by atoms with van der Waals surface area (Å²) in [6, 6.07) is 5.21. The fraction of sp³-hybridized carbons (Fsp3) is 0.238. The summed E-state index contributed by atoms with van der Waals surface area (Å²) in [6.07, 6.45) is 6.22. The fourth-order valence-electron chi connectivity index (χ4n) is 2.48. The molecule has 0 saturated heterocycles. The van der Waals surface area contributed by atoms with Gasteiger partial charge in [-0.25, -0.2) is 18.7 Å². The highest BCUT2D eigenvalue weighted by Gasteiger charge is 2.14. The number of ether oxygens (including phenoxy) is 1. The van der Waals surface area contributed by atoms with Crippen molar-refractivity contribution in [3.63, 3.8) is 0 Å². The van der Waals surface area contributed by atoms with Gasteiger partial charge in [-0.15, -0.1) is 11.3 Å². The second-order valence-corrected chi connectivity index (χ2v) is 7.53. The molecular weight excluding hydrogens is 394 g/mol. The van der Waals surface area contributed by atoms with Gasteiger partial charge in [0.1, 0.15) is 11.6 Å². The maximum absolute atomic E-state index is 14.1. The van der Waals surface area contributed by atoms with Crippen LogP contribution < -0.4 is 10.1 Å². The lowest BCUT2D eigenvalue weighted by molar-refractivity contribution is 0.406. The molecular formula is C21H22F2N4OS. The molecule has 0 aliphatic rings. The maximum atomic E-state index is 14.1. The second kappa shape index (κ2) is 9.58. The van der Waals surface area contributed by atoms with E-state index in [4.69, 9.17) is 4.74 Å². The summed E-state index contributed by atoms with van der Waals surface area (Å²) in [6.45, 7) is 2.78. The van der Waals surface area contributed by atoms with E-state index in [0.29, 0.717) is 22.3 Å². The van der Waals surface area contributed by atoms with Crippen molar-refractivity contribution in [3.8, 4) is 11.5 Å². The molecule has 0 atom stereocenters. The number of aryl methyl sites for hydroxylation is 1. The van der Waals surface area contributed by atoms with Gasteiger partial charge in [0.15, 0.2) is 22.5 Å². The molecule has 0 aliphatic carbocycles. The van der Waals surface area contributed by atoms with Crippen LogP contribution in [0, 0.1) is 18.6 Å². The van der Waals surface area contributed by atoms with E-state index in [9.17, 15) is 8.78 Å². The molecule has 0 aliphatic heterocycles. The third-order valence-corrected chi connectivity index (χ3v) is 4.80. The van der Waals surface area contributed by atoms with E-state index in [-0.39, 0.29) is 0 Å². The molecule has 0 radical (unpaired) electrons. The Hall–Kier alpha value is -2.84. The minimum atomic E-state index is -0.769. The molecule has 3 aromatic rings. The number of nitrogens with zero attached hydrogens (tertiary/aromatic N) is 3. The Morgan fingerprint density at radius 1 is 1.24 bits per heavy atom. The van der Waals surface area contributed by atoms with Gasteiger partial charge in [-0.3, -0.25) is 0 Å². The molecule has 0 fully saturated rings. The van der Waals surface area contributed by atoms with Crippen molar-refractivity contribution in [1.29, 1.82) is 0 Å². The predicted octanol–water partition coefficient (Wildman–Crippen LogP) is 5.63. The van der Waals surface area contributed by atoms with Crippen molar-refractivity contribution >= 4 is 28.4 Å². The number of anilines is 2. The summed E-state index contributed by atoms with van der Waals surface area (Å²) in [5.74, 6) is -1.22. The molecule has 2 aromatic heterocycles. The molecule has 2 heterocycles. The molecule has 8 heteroatoms. The SMILES string of the molecule is Cc1csc(Nc2cc(Oc3c(F)cccc3F)c(/C=C/CCN(C)C)cn2)n1. The minimum absolute atomic E-state index is 0.292. The van der Waals surface area contributed by atoms with E-state index in [1.54, 1.807) is 12.3 Å². The summed E-state index contributed by atoms with van der Waals surface area (Å²) < 4.78 is 33.8. The van der Waals surface area contributed by atoms with E-state index < -0.39 is 17.4 Å². The first-order chi connectivity index (χ1) is 13.9. The van der Waals surface area contributed by atoms with Gasteiger partial charge < -0.3 is 15.0 Å². The molecule has 0 saturated carbocycles. The summed E-state index contributed by atoms with van der Waals surface area (Å²) in [5, 5.41) is 5.67. The highest BCUT2D eigenvalue weighted by atomic mass is 32.1. The first kappa shape index (κ1) is 20.9. The number of hydrogen-bond donors (Lipinski definition) is 1. The zero-order valence-electron chi connectivity index (χ0n) is 16.4. The molecule has 0 unspecified atom stereocenters. The van der Waals surface area contributed by atoms with E-state index in [1.807, 2.05) is 38.6 Å². The summed E-state index contributed by atoms with van der Waals surface area (Å²) in [7, 11) is 3.98. The molecule has 1 N–H and O–H groups in total. The lowest BCUT2D eigenvalue weighted by atomic mass is 10.2. The van der Waals surface area contributed by atoms with Gasteiger partial charge >= 0.3 is 0 Å². The number of pyridine rings is 1. The van der Waals surface area contributed by atoms with Crippen molar-refractivity contribution in [1.82, 2.24) is 14.9 Å². The molecule has 5 nitrogen and oxygen atoms in total. The number of rotatable bonds is 8. The second-order valence-electron chi connectivity index (χ2n) is 6.67. The van der Waals surface area contributed by atoms with Gasteiger partial charge in [0.2, 0.25) is 0 Å². The number of nitrogens with one attached hydrogen (secondary N) is 1. The van der Waals surface area contributed by atoms with Crippen molar-refractivity contribution in [2.45, 2.75) is 13.3 Å².